The number of thiazole rings is 1. The van der Waals surface area contributed by atoms with Crippen LogP contribution in [0.25, 0.3) is 10.9 Å². The summed E-state index contributed by atoms with van der Waals surface area (Å²) in [5.74, 6) is 5.31. The minimum Gasteiger partial charge on any atom is -0.303 e. The van der Waals surface area contributed by atoms with Gasteiger partial charge in [-0.15, -0.1) is 0 Å². The van der Waals surface area contributed by atoms with Crippen molar-refractivity contribution in [3.8, 4) is 0 Å². The highest BCUT2D eigenvalue weighted by Crippen LogP contribution is 2.19. The van der Waals surface area contributed by atoms with Crippen LogP contribution in [0.15, 0.2) is 47.4 Å². The fourth-order valence-electron chi connectivity index (χ4n) is 2.01. The summed E-state index contributed by atoms with van der Waals surface area (Å²) in [4.78, 5) is 17.1. The molecule has 2 aromatic heterocycles. The maximum Gasteiger partial charge on any atom is 0.251 e. The quantitative estimate of drug-likeness (QED) is 0.563. The molecule has 3 aromatic rings. The number of hydrazine groups is 1. The molecule has 96 valence electrons. The first kappa shape index (κ1) is 11.9. The van der Waals surface area contributed by atoms with Gasteiger partial charge in [-0.25, -0.2) is 10.8 Å². The van der Waals surface area contributed by atoms with E-state index in [4.69, 9.17) is 5.84 Å². The van der Waals surface area contributed by atoms with Crippen LogP contribution >= 0.6 is 11.3 Å². The molecule has 0 aliphatic carbocycles. The van der Waals surface area contributed by atoms with Gasteiger partial charge in [0.25, 0.3) is 5.56 Å². The number of pyridine rings is 1. The van der Waals surface area contributed by atoms with Gasteiger partial charge in [0.1, 0.15) is 0 Å². The summed E-state index contributed by atoms with van der Waals surface area (Å²) in [6.07, 6.45) is 1.73. The van der Waals surface area contributed by atoms with Gasteiger partial charge >= 0.3 is 0 Å². The normalized spacial score (nSPS) is 10.8. The number of benzene rings is 1. The van der Waals surface area contributed by atoms with E-state index in [1.807, 2.05) is 30.3 Å². The Morgan fingerprint density at radius 1 is 1.26 bits per heavy atom. The number of anilines is 1. The Hall–Kier alpha value is -2.18. The molecule has 2 heterocycles. The zero-order valence-corrected chi connectivity index (χ0v) is 10.9. The Balaban J connectivity index is 2.09. The number of fused-ring (bicyclic) bond motifs is 1. The lowest BCUT2D eigenvalue weighted by atomic mass is 10.2. The lowest BCUT2D eigenvalue weighted by Gasteiger charge is -2.08. The molecular weight excluding hydrogens is 260 g/mol. The van der Waals surface area contributed by atoms with Crippen LogP contribution in [-0.2, 0) is 6.54 Å². The summed E-state index contributed by atoms with van der Waals surface area (Å²) < 4.78 is 1.74. The molecular formula is C13H12N4OS. The molecule has 0 amide bonds. The van der Waals surface area contributed by atoms with Gasteiger partial charge < -0.3 is 4.57 Å². The van der Waals surface area contributed by atoms with Gasteiger partial charge in [-0.1, -0.05) is 29.5 Å². The Morgan fingerprint density at radius 3 is 2.89 bits per heavy atom. The smallest absolute Gasteiger partial charge is 0.251 e. The lowest BCUT2D eigenvalue weighted by Crippen LogP contribution is -2.19. The van der Waals surface area contributed by atoms with Gasteiger partial charge in [-0.2, -0.15) is 0 Å². The maximum absolute atomic E-state index is 12.0. The van der Waals surface area contributed by atoms with Gasteiger partial charge in [-0.05, 0) is 17.5 Å². The van der Waals surface area contributed by atoms with Crippen LogP contribution in [0.5, 0.6) is 0 Å². The van der Waals surface area contributed by atoms with Crippen LogP contribution in [0.4, 0.5) is 5.13 Å². The molecule has 19 heavy (non-hydrogen) atoms. The number of hydrogen-bond donors (Lipinski definition) is 2. The monoisotopic (exact) mass is 272 g/mol. The predicted molar refractivity (Wildman–Crippen MR) is 77.2 cm³/mol. The van der Waals surface area contributed by atoms with Gasteiger partial charge in [0, 0.05) is 17.1 Å². The summed E-state index contributed by atoms with van der Waals surface area (Å²) in [6.45, 7) is 0.500. The molecule has 0 aliphatic rings. The van der Waals surface area contributed by atoms with E-state index in [1.165, 1.54) is 11.3 Å². The zero-order chi connectivity index (χ0) is 13.2. The van der Waals surface area contributed by atoms with Crippen LogP contribution < -0.4 is 16.8 Å². The molecule has 3 N–H and O–H groups in total. The molecule has 0 spiro atoms. The highest BCUT2D eigenvalue weighted by molar-refractivity contribution is 7.15. The number of hydrogen-bond acceptors (Lipinski definition) is 5. The number of nitrogen functional groups attached to an aromatic ring is 1. The topological polar surface area (TPSA) is 72.9 Å². The van der Waals surface area contributed by atoms with Crippen LogP contribution in [-0.4, -0.2) is 9.55 Å². The van der Waals surface area contributed by atoms with Gasteiger partial charge in [0.15, 0.2) is 5.13 Å². The number of rotatable bonds is 3. The van der Waals surface area contributed by atoms with E-state index >= 15 is 0 Å². The number of nitrogens with zero attached hydrogens (tertiary/aromatic N) is 2. The third-order valence-corrected chi connectivity index (χ3v) is 3.80. The third-order valence-electron chi connectivity index (χ3n) is 2.89. The fraction of sp³-hybridized carbons (Fsp3) is 0.0769. The molecule has 6 heteroatoms. The molecule has 0 unspecified atom stereocenters. The summed E-state index contributed by atoms with van der Waals surface area (Å²) in [5, 5.41) is 1.69. The number of nitrogens with one attached hydrogen (secondary N) is 1. The Bertz CT molecular complexity index is 777. The first-order chi connectivity index (χ1) is 9.28. The van der Waals surface area contributed by atoms with Crippen molar-refractivity contribution in [3.05, 3.63) is 57.8 Å². The van der Waals surface area contributed by atoms with Crippen molar-refractivity contribution in [1.29, 1.82) is 0 Å². The van der Waals surface area contributed by atoms with E-state index in [0.717, 1.165) is 15.8 Å². The average molecular weight is 272 g/mol. The van der Waals surface area contributed by atoms with Crippen molar-refractivity contribution in [1.82, 2.24) is 9.55 Å². The average Bonchev–Trinajstić information content (AvgIpc) is 2.90. The molecule has 0 fully saturated rings. The SMILES string of the molecule is NNc1ncc(Cn2c(=O)ccc3ccccc32)s1. The Kier molecular flexibility index (Phi) is 3.02. The molecule has 1 aromatic carbocycles. The summed E-state index contributed by atoms with van der Waals surface area (Å²) in [7, 11) is 0. The second-order valence-electron chi connectivity index (χ2n) is 4.09. The molecule has 0 saturated carbocycles. The van der Waals surface area contributed by atoms with E-state index in [-0.39, 0.29) is 5.56 Å². The van der Waals surface area contributed by atoms with E-state index < -0.39 is 0 Å². The first-order valence-electron chi connectivity index (χ1n) is 5.78. The molecule has 0 atom stereocenters. The van der Waals surface area contributed by atoms with Crippen molar-refractivity contribution in [3.63, 3.8) is 0 Å². The minimum absolute atomic E-state index is 0.0191. The van der Waals surface area contributed by atoms with Crippen molar-refractivity contribution >= 4 is 27.4 Å². The van der Waals surface area contributed by atoms with Gasteiger partial charge in [0.05, 0.1) is 12.1 Å². The molecule has 0 saturated heterocycles. The largest absolute Gasteiger partial charge is 0.303 e. The van der Waals surface area contributed by atoms with Crippen LogP contribution in [0.1, 0.15) is 4.88 Å². The summed E-state index contributed by atoms with van der Waals surface area (Å²) >= 11 is 1.44. The minimum atomic E-state index is -0.0191. The second kappa shape index (κ2) is 4.83. The lowest BCUT2D eigenvalue weighted by molar-refractivity contribution is 0.805. The van der Waals surface area contributed by atoms with Crippen LogP contribution in [0.3, 0.4) is 0 Å². The number of nitrogens with two attached hydrogens (primary N) is 1. The van der Waals surface area contributed by atoms with Crippen LogP contribution in [0, 0.1) is 0 Å². The Labute approximate surface area is 113 Å². The highest BCUT2D eigenvalue weighted by Gasteiger charge is 2.06. The second-order valence-corrected chi connectivity index (χ2v) is 5.21. The summed E-state index contributed by atoms with van der Waals surface area (Å²) in [5.41, 5.74) is 3.41. The van der Waals surface area contributed by atoms with Gasteiger partial charge in [-0.3, -0.25) is 10.2 Å². The number of aromatic nitrogens is 2. The highest BCUT2D eigenvalue weighted by atomic mass is 32.1. The Morgan fingerprint density at radius 2 is 2.11 bits per heavy atom. The van der Waals surface area contributed by atoms with E-state index in [9.17, 15) is 4.79 Å². The van der Waals surface area contributed by atoms with Crippen molar-refractivity contribution < 1.29 is 0 Å². The molecule has 0 bridgehead atoms. The third kappa shape index (κ3) is 2.23. The van der Waals surface area contributed by atoms with E-state index in [0.29, 0.717) is 11.7 Å². The van der Waals surface area contributed by atoms with Crippen molar-refractivity contribution in [2.75, 3.05) is 5.43 Å². The molecule has 5 nitrogen and oxygen atoms in total. The first-order valence-corrected chi connectivity index (χ1v) is 6.59. The molecule has 0 radical (unpaired) electrons. The van der Waals surface area contributed by atoms with E-state index in [1.54, 1.807) is 16.8 Å². The summed E-state index contributed by atoms with van der Waals surface area (Å²) in [6, 6.07) is 11.3. The zero-order valence-electron chi connectivity index (χ0n) is 10.0. The standard InChI is InChI=1S/C13H12N4OS/c14-16-13-15-7-10(19-13)8-17-11-4-2-1-3-9(11)5-6-12(17)18/h1-7H,8,14H2,(H,15,16). The van der Waals surface area contributed by atoms with Crippen molar-refractivity contribution in [2.45, 2.75) is 6.54 Å². The fourth-order valence-corrected chi connectivity index (χ4v) is 2.72. The van der Waals surface area contributed by atoms with Crippen molar-refractivity contribution in [2.24, 2.45) is 5.84 Å². The molecule has 0 aliphatic heterocycles. The number of para-hydroxylation sites is 1. The molecule has 3 rings (SSSR count). The van der Waals surface area contributed by atoms with Crippen LogP contribution in [0.2, 0.25) is 0 Å². The van der Waals surface area contributed by atoms with Gasteiger partial charge in [0.2, 0.25) is 0 Å². The maximum atomic E-state index is 12.0. The predicted octanol–water partition coefficient (Wildman–Crippen LogP) is 1.79. The van der Waals surface area contributed by atoms with E-state index in [2.05, 4.69) is 10.4 Å².